The molecule has 4 heteroatoms. The first-order chi connectivity index (χ1) is 8.06. The molecule has 0 aromatic heterocycles. The van der Waals surface area contributed by atoms with Crippen molar-refractivity contribution in [2.75, 3.05) is 13.1 Å². The Kier molecular flexibility index (Phi) is 5.05. The molecule has 17 heavy (non-hydrogen) atoms. The Balaban J connectivity index is 2.71. The van der Waals surface area contributed by atoms with Gasteiger partial charge in [0.25, 0.3) is 0 Å². The average molecular weight is 238 g/mol. The zero-order valence-corrected chi connectivity index (χ0v) is 10.1. The third-order valence-electron chi connectivity index (χ3n) is 2.61. The van der Waals surface area contributed by atoms with Crippen molar-refractivity contribution in [1.82, 2.24) is 4.90 Å². The summed E-state index contributed by atoms with van der Waals surface area (Å²) in [6.45, 7) is 5.48. The van der Waals surface area contributed by atoms with Gasteiger partial charge in [0.05, 0.1) is 12.0 Å². The van der Waals surface area contributed by atoms with Crippen LogP contribution in [0.1, 0.15) is 19.4 Å². The molecule has 0 radical (unpaired) electrons. The summed E-state index contributed by atoms with van der Waals surface area (Å²) < 4.78 is 26.2. The van der Waals surface area contributed by atoms with E-state index in [2.05, 4.69) is 6.07 Å². The second-order valence-electron chi connectivity index (χ2n) is 4.09. The van der Waals surface area contributed by atoms with Gasteiger partial charge in [-0.3, -0.25) is 4.90 Å². The largest absolute Gasteiger partial charge is 0.298 e. The summed E-state index contributed by atoms with van der Waals surface area (Å²) in [6, 6.07) is 5.73. The van der Waals surface area contributed by atoms with E-state index in [0.29, 0.717) is 18.7 Å². The normalized spacial score (nSPS) is 12.5. The van der Waals surface area contributed by atoms with Gasteiger partial charge in [-0.15, -0.1) is 0 Å². The molecule has 1 atom stereocenters. The van der Waals surface area contributed by atoms with Crippen molar-refractivity contribution < 1.29 is 8.78 Å². The van der Waals surface area contributed by atoms with Gasteiger partial charge in [0.2, 0.25) is 0 Å². The maximum atomic E-state index is 13.4. The standard InChI is InChI=1S/C13H16F2N2/c1-3-17(8-10(2)7-16)9-11-4-5-12(14)6-13(11)15/h4-6,10H,3,8-9H2,1-2H3. The van der Waals surface area contributed by atoms with Crippen molar-refractivity contribution >= 4 is 0 Å². The van der Waals surface area contributed by atoms with E-state index in [1.54, 1.807) is 0 Å². The summed E-state index contributed by atoms with van der Waals surface area (Å²) in [5.74, 6) is -1.20. The van der Waals surface area contributed by atoms with Crippen LogP contribution in [0.5, 0.6) is 0 Å². The molecule has 1 aromatic rings. The first-order valence-corrected chi connectivity index (χ1v) is 5.62. The molecule has 0 fully saturated rings. The molecule has 0 aliphatic rings. The van der Waals surface area contributed by atoms with Crippen LogP contribution in [0.2, 0.25) is 0 Å². The number of benzene rings is 1. The van der Waals surface area contributed by atoms with Crippen molar-refractivity contribution in [3.63, 3.8) is 0 Å². The third kappa shape index (κ3) is 4.12. The molecule has 0 spiro atoms. The average Bonchev–Trinajstić information content (AvgIpc) is 2.31. The Morgan fingerprint density at radius 3 is 2.65 bits per heavy atom. The van der Waals surface area contributed by atoms with Crippen molar-refractivity contribution in [3.05, 3.63) is 35.4 Å². The summed E-state index contributed by atoms with van der Waals surface area (Å²) in [5.41, 5.74) is 0.457. The molecule has 1 unspecified atom stereocenters. The number of hydrogen-bond donors (Lipinski definition) is 0. The monoisotopic (exact) mass is 238 g/mol. The molecule has 0 bridgehead atoms. The van der Waals surface area contributed by atoms with Crippen LogP contribution in [-0.2, 0) is 6.54 Å². The highest BCUT2D eigenvalue weighted by Crippen LogP contribution is 2.13. The second-order valence-corrected chi connectivity index (χ2v) is 4.09. The van der Waals surface area contributed by atoms with E-state index in [0.717, 1.165) is 12.6 Å². The molecular weight excluding hydrogens is 222 g/mol. The van der Waals surface area contributed by atoms with Gasteiger partial charge in [0, 0.05) is 24.7 Å². The minimum Gasteiger partial charge on any atom is -0.298 e. The second kappa shape index (κ2) is 6.31. The molecule has 0 amide bonds. The molecule has 0 saturated heterocycles. The lowest BCUT2D eigenvalue weighted by atomic mass is 10.1. The van der Waals surface area contributed by atoms with Crippen LogP contribution in [0.25, 0.3) is 0 Å². The van der Waals surface area contributed by atoms with Crippen molar-refractivity contribution in [2.24, 2.45) is 5.92 Å². The maximum Gasteiger partial charge on any atom is 0.130 e. The van der Waals surface area contributed by atoms with E-state index >= 15 is 0 Å². The summed E-state index contributed by atoms with van der Waals surface area (Å²) in [7, 11) is 0. The van der Waals surface area contributed by atoms with Gasteiger partial charge < -0.3 is 0 Å². The van der Waals surface area contributed by atoms with Crippen LogP contribution in [0.15, 0.2) is 18.2 Å². The molecule has 92 valence electrons. The number of rotatable bonds is 5. The predicted octanol–water partition coefficient (Wildman–Crippen LogP) is 2.95. The third-order valence-corrected chi connectivity index (χ3v) is 2.61. The van der Waals surface area contributed by atoms with Gasteiger partial charge in [0.1, 0.15) is 11.6 Å². The van der Waals surface area contributed by atoms with Gasteiger partial charge in [0.15, 0.2) is 0 Å². The zero-order valence-electron chi connectivity index (χ0n) is 10.1. The fraction of sp³-hybridized carbons (Fsp3) is 0.462. The van der Waals surface area contributed by atoms with E-state index in [4.69, 9.17) is 5.26 Å². The van der Waals surface area contributed by atoms with E-state index in [-0.39, 0.29) is 5.92 Å². The number of hydrogen-bond acceptors (Lipinski definition) is 2. The Morgan fingerprint density at radius 2 is 2.12 bits per heavy atom. The molecule has 1 rings (SSSR count). The van der Waals surface area contributed by atoms with E-state index in [1.807, 2.05) is 18.7 Å². The first kappa shape index (κ1) is 13.6. The lowest BCUT2D eigenvalue weighted by Gasteiger charge is -2.21. The van der Waals surface area contributed by atoms with Gasteiger partial charge in [-0.1, -0.05) is 13.0 Å². The molecule has 0 N–H and O–H groups in total. The fourth-order valence-electron chi connectivity index (χ4n) is 1.62. The van der Waals surface area contributed by atoms with Crippen LogP contribution in [0.4, 0.5) is 8.78 Å². The molecule has 0 saturated carbocycles. The van der Waals surface area contributed by atoms with Crippen LogP contribution in [0, 0.1) is 28.9 Å². The topological polar surface area (TPSA) is 27.0 Å². The lowest BCUT2D eigenvalue weighted by molar-refractivity contribution is 0.256. The molecule has 0 aliphatic carbocycles. The molecule has 2 nitrogen and oxygen atoms in total. The summed E-state index contributed by atoms with van der Waals surface area (Å²) in [5, 5.41) is 8.74. The minimum absolute atomic E-state index is 0.0986. The predicted molar refractivity (Wildman–Crippen MR) is 62.1 cm³/mol. The summed E-state index contributed by atoms with van der Waals surface area (Å²) in [4.78, 5) is 1.96. The first-order valence-electron chi connectivity index (χ1n) is 5.62. The number of nitriles is 1. The van der Waals surface area contributed by atoms with E-state index in [1.165, 1.54) is 12.1 Å². The van der Waals surface area contributed by atoms with Crippen LogP contribution >= 0.6 is 0 Å². The summed E-state index contributed by atoms with van der Waals surface area (Å²) >= 11 is 0. The lowest BCUT2D eigenvalue weighted by Crippen LogP contribution is -2.28. The summed E-state index contributed by atoms with van der Waals surface area (Å²) in [6.07, 6.45) is 0. The Morgan fingerprint density at radius 1 is 1.41 bits per heavy atom. The van der Waals surface area contributed by atoms with Crippen molar-refractivity contribution in [3.8, 4) is 6.07 Å². The zero-order chi connectivity index (χ0) is 12.8. The van der Waals surface area contributed by atoms with Crippen LogP contribution in [-0.4, -0.2) is 18.0 Å². The molecule has 1 aromatic carbocycles. The highest BCUT2D eigenvalue weighted by molar-refractivity contribution is 5.18. The van der Waals surface area contributed by atoms with E-state index in [9.17, 15) is 8.78 Å². The van der Waals surface area contributed by atoms with Crippen molar-refractivity contribution in [2.45, 2.75) is 20.4 Å². The molecule has 0 aliphatic heterocycles. The van der Waals surface area contributed by atoms with Crippen molar-refractivity contribution in [1.29, 1.82) is 5.26 Å². The Labute approximate surface area is 100 Å². The Hall–Kier alpha value is -1.47. The minimum atomic E-state index is -0.570. The number of nitrogens with zero attached hydrogens (tertiary/aromatic N) is 2. The van der Waals surface area contributed by atoms with E-state index < -0.39 is 11.6 Å². The SMILES string of the molecule is CCN(Cc1ccc(F)cc1F)CC(C)C#N. The number of halogens is 2. The van der Waals surface area contributed by atoms with Gasteiger partial charge in [-0.2, -0.15) is 5.26 Å². The molecular formula is C13H16F2N2. The highest BCUT2D eigenvalue weighted by atomic mass is 19.1. The van der Waals surface area contributed by atoms with Gasteiger partial charge >= 0.3 is 0 Å². The van der Waals surface area contributed by atoms with Crippen LogP contribution < -0.4 is 0 Å². The van der Waals surface area contributed by atoms with Gasteiger partial charge in [-0.05, 0) is 19.5 Å². The Bertz CT molecular complexity index is 412. The van der Waals surface area contributed by atoms with Gasteiger partial charge in [-0.25, -0.2) is 8.78 Å². The molecule has 0 heterocycles. The smallest absolute Gasteiger partial charge is 0.130 e. The maximum absolute atomic E-state index is 13.4. The fourth-order valence-corrected chi connectivity index (χ4v) is 1.62. The highest BCUT2D eigenvalue weighted by Gasteiger charge is 2.11. The quantitative estimate of drug-likeness (QED) is 0.788. The van der Waals surface area contributed by atoms with Crippen LogP contribution in [0.3, 0.4) is 0 Å².